The molecule has 1 aliphatic rings. The monoisotopic (exact) mass is 193 g/mol. The van der Waals surface area contributed by atoms with Crippen LogP contribution in [0.25, 0.3) is 0 Å². The Morgan fingerprint density at radius 3 is 2.79 bits per heavy atom. The van der Waals surface area contributed by atoms with Crippen LogP contribution in [0, 0.1) is 5.92 Å². The highest BCUT2D eigenvalue weighted by molar-refractivity contribution is 5.74. The van der Waals surface area contributed by atoms with Crippen LogP contribution in [0.1, 0.15) is 17.2 Å². The third-order valence-electron chi connectivity index (χ3n) is 2.72. The number of carbonyl (C=O) groups is 1. The highest BCUT2D eigenvalue weighted by Gasteiger charge is 2.36. The lowest BCUT2D eigenvalue weighted by molar-refractivity contribution is -0.142. The number of hydrogen-bond acceptors (Lipinski definition) is 3. The van der Waals surface area contributed by atoms with Gasteiger partial charge in [-0.05, 0) is 23.6 Å². The summed E-state index contributed by atoms with van der Waals surface area (Å²) >= 11 is 0. The normalized spacial score (nSPS) is 24.6. The third kappa shape index (κ3) is 1.15. The molecule has 2 atom stereocenters. The van der Waals surface area contributed by atoms with Crippen molar-refractivity contribution in [1.82, 2.24) is 0 Å². The number of benzene rings is 1. The van der Waals surface area contributed by atoms with Crippen LogP contribution in [0.2, 0.25) is 0 Å². The predicted octanol–water partition coefficient (Wildman–Crippen LogP) is 0.649. The second kappa shape index (κ2) is 2.99. The SMILES string of the molecule is NC1c2cccc(O)c2CC1C(=O)O. The van der Waals surface area contributed by atoms with Crippen LogP contribution in [-0.4, -0.2) is 16.2 Å². The lowest BCUT2D eigenvalue weighted by Gasteiger charge is -2.09. The van der Waals surface area contributed by atoms with Crippen LogP contribution in [0.3, 0.4) is 0 Å². The molecule has 0 amide bonds. The number of rotatable bonds is 1. The standard InChI is InChI=1S/C10H11NO3/c11-9-5-2-1-3-8(12)6(5)4-7(9)10(13)14/h1-3,7,9,12H,4,11H2,(H,13,14). The Hall–Kier alpha value is -1.55. The molecule has 1 aromatic carbocycles. The summed E-state index contributed by atoms with van der Waals surface area (Å²) in [5.74, 6) is -1.38. The van der Waals surface area contributed by atoms with E-state index in [1.165, 1.54) is 0 Å². The average molecular weight is 193 g/mol. The van der Waals surface area contributed by atoms with Crippen molar-refractivity contribution in [3.63, 3.8) is 0 Å². The summed E-state index contributed by atoms with van der Waals surface area (Å²) < 4.78 is 0. The van der Waals surface area contributed by atoms with Crippen LogP contribution >= 0.6 is 0 Å². The van der Waals surface area contributed by atoms with Gasteiger partial charge in [0.2, 0.25) is 0 Å². The molecule has 2 unspecified atom stereocenters. The minimum Gasteiger partial charge on any atom is -0.508 e. The second-order valence-electron chi connectivity index (χ2n) is 3.52. The zero-order chi connectivity index (χ0) is 10.3. The van der Waals surface area contributed by atoms with Crippen molar-refractivity contribution >= 4 is 5.97 Å². The molecule has 0 heterocycles. The van der Waals surface area contributed by atoms with Crippen molar-refractivity contribution < 1.29 is 15.0 Å². The van der Waals surface area contributed by atoms with E-state index in [1.54, 1.807) is 18.2 Å². The van der Waals surface area contributed by atoms with Gasteiger partial charge in [0.1, 0.15) is 5.75 Å². The molecule has 2 rings (SSSR count). The van der Waals surface area contributed by atoms with Crippen LogP contribution in [-0.2, 0) is 11.2 Å². The van der Waals surface area contributed by atoms with E-state index in [0.29, 0.717) is 12.0 Å². The summed E-state index contributed by atoms with van der Waals surface area (Å²) in [5, 5.41) is 18.4. The molecule has 0 saturated heterocycles. The first-order valence-corrected chi connectivity index (χ1v) is 4.40. The number of fused-ring (bicyclic) bond motifs is 1. The van der Waals surface area contributed by atoms with Gasteiger partial charge in [0.05, 0.1) is 5.92 Å². The molecule has 0 aliphatic heterocycles. The average Bonchev–Trinajstić information content (AvgIpc) is 2.46. The van der Waals surface area contributed by atoms with Crippen molar-refractivity contribution in [2.45, 2.75) is 12.5 Å². The predicted molar refractivity (Wildman–Crippen MR) is 49.9 cm³/mol. The number of aromatic hydroxyl groups is 1. The Kier molecular flexibility index (Phi) is 1.93. The molecule has 1 aromatic rings. The summed E-state index contributed by atoms with van der Waals surface area (Å²) in [6.45, 7) is 0. The number of carboxylic acid groups (broad SMARTS) is 1. The van der Waals surface area contributed by atoms with Crippen molar-refractivity contribution in [1.29, 1.82) is 0 Å². The molecule has 4 nitrogen and oxygen atoms in total. The van der Waals surface area contributed by atoms with E-state index in [0.717, 1.165) is 5.56 Å². The van der Waals surface area contributed by atoms with Crippen LogP contribution in [0.15, 0.2) is 18.2 Å². The summed E-state index contributed by atoms with van der Waals surface area (Å²) in [7, 11) is 0. The van der Waals surface area contributed by atoms with Gasteiger partial charge in [-0.25, -0.2) is 0 Å². The topological polar surface area (TPSA) is 83.5 Å². The van der Waals surface area contributed by atoms with Crippen molar-refractivity contribution in [2.75, 3.05) is 0 Å². The molecule has 0 aromatic heterocycles. The molecule has 4 heteroatoms. The molecule has 0 saturated carbocycles. The van der Waals surface area contributed by atoms with Gasteiger partial charge in [-0.15, -0.1) is 0 Å². The smallest absolute Gasteiger partial charge is 0.308 e. The maximum absolute atomic E-state index is 10.8. The minimum absolute atomic E-state index is 0.140. The highest BCUT2D eigenvalue weighted by atomic mass is 16.4. The third-order valence-corrected chi connectivity index (χ3v) is 2.72. The molecular weight excluding hydrogens is 182 g/mol. The second-order valence-corrected chi connectivity index (χ2v) is 3.52. The first-order valence-electron chi connectivity index (χ1n) is 4.40. The maximum Gasteiger partial charge on any atom is 0.308 e. The summed E-state index contributed by atoms with van der Waals surface area (Å²) in [5.41, 5.74) is 7.19. The lowest BCUT2D eigenvalue weighted by Crippen LogP contribution is -2.24. The maximum atomic E-state index is 10.8. The van der Waals surface area contributed by atoms with Crippen LogP contribution in [0.5, 0.6) is 5.75 Å². The zero-order valence-electron chi connectivity index (χ0n) is 7.47. The number of aliphatic carboxylic acids is 1. The van der Waals surface area contributed by atoms with Gasteiger partial charge >= 0.3 is 5.97 Å². The Morgan fingerprint density at radius 2 is 2.21 bits per heavy atom. The molecule has 14 heavy (non-hydrogen) atoms. The summed E-state index contributed by atoms with van der Waals surface area (Å²) in [6, 6.07) is 4.49. The minimum atomic E-state index is -0.909. The molecule has 0 radical (unpaired) electrons. The van der Waals surface area contributed by atoms with Crippen LogP contribution < -0.4 is 5.73 Å². The fourth-order valence-corrected chi connectivity index (χ4v) is 1.93. The van der Waals surface area contributed by atoms with Crippen molar-refractivity contribution in [3.05, 3.63) is 29.3 Å². The fourth-order valence-electron chi connectivity index (χ4n) is 1.93. The number of hydrogen-bond donors (Lipinski definition) is 3. The van der Waals surface area contributed by atoms with E-state index in [2.05, 4.69) is 0 Å². The van der Waals surface area contributed by atoms with E-state index in [9.17, 15) is 9.90 Å². The number of phenols is 1. The van der Waals surface area contributed by atoms with E-state index in [-0.39, 0.29) is 5.75 Å². The number of nitrogens with two attached hydrogens (primary N) is 1. The highest BCUT2D eigenvalue weighted by Crippen LogP contribution is 2.38. The summed E-state index contributed by atoms with van der Waals surface area (Å²) in [6.07, 6.45) is 0.318. The molecule has 4 N–H and O–H groups in total. The Morgan fingerprint density at radius 1 is 1.50 bits per heavy atom. The largest absolute Gasteiger partial charge is 0.508 e. The van der Waals surface area contributed by atoms with Gasteiger partial charge in [-0.2, -0.15) is 0 Å². The van der Waals surface area contributed by atoms with Gasteiger partial charge in [0.25, 0.3) is 0 Å². The van der Waals surface area contributed by atoms with E-state index in [4.69, 9.17) is 10.8 Å². The molecule has 0 spiro atoms. The molecule has 0 bridgehead atoms. The first kappa shape index (κ1) is 9.02. The van der Waals surface area contributed by atoms with Gasteiger partial charge < -0.3 is 15.9 Å². The van der Waals surface area contributed by atoms with E-state index >= 15 is 0 Å². The van der Waals surface area contributed by atoms with E-state index < -0.39 is 17.9 Å². The van der Waals surface area contributed by atoms with Crippen molar-refractivity contribution in [2.24, 2.45) is 11.7 Å². The first-order chi connectivity index (χ1) is 6.61. The van der Waals surface area contributed by atoms with Crippen LogP contribution in [0.4, 0.5) is 0 Å². The Labute approximate surface area is 81.0 Å². The summed E-state index contributed by atoms with van der Waals surface area (Å²) in [4.78, 5) is 10.8. The Balaban J connectivity index is 2.45. The van der Waals surface area contributed by atoms with Gasteiger partial charge in [0.15, 0.2) is 0 Å². The van der Waals surface area contributed by atoms with E-state index in [1.807, 2.05) is 0 Å². The molecule has 1 aliphatic carbocycles. The Bertz CT molecular complexity index is 389. The van der Waals surface area contributed by atoms with Gasteiger partial charge in [0, 0.05) is 6.04 Å². The molecule has 0 fully saturated rings. The number of phenolic OH excluding ortho intramolecular Hbond substituents is 1. The quantitative estimate of drug-likeness (QED) is 0.611. The molecule has 74 valence electrons. The zero-order valence-corrected chi connectivity index (χ0v) is 7.47. The lowest BCUT2D eigenvalue weighted by atomic mass is 10.0. The number of carboxylic acids is 1. The molecular formula is C10H11NO3. The van der Waals surface area contributed by atoms with Gasteiger partial charge in [-0.1, -0.05) is 12.1 Å². The fraction of sp³-hybridized carbons (Fsp3) is 0.300. The van der Waals surface area contributed by atoms with Crippen molar-refractivity contribution in [3.8, 4) is 5.75 Å². The van der Waals surface area contributed by atoms with Gasteiger partial charge in [-0.3, -0.25) is 4.79 Å².